The first-order valence-electron chi connectivity index (χ1n) is 13.6. The Morgan fingerprint density at radius 3 is 2.70 bits per heavy atom. The molecule has 0 bridgehead atoms. The molecule has 1 aliphatic carbocycles. The van der Waals surface area contributed by atoms with Crippen molar-refractivity contribution in [3.05, 3.63) is 45.0 Å². The van der Waals surface area contributed by atoms with E-state index in [2.05, 4.69) is 42.4 Å². The van der Waals surface area contributed by atoms with Gasteiger partial charge in [0.1, 0.15) is 6.33 Å². The number of aromatic hydroxyl groups is 1. The van der Waals surface area contributed by atoms with E-state index < -0.39 is 6.10 Å². The van der Waals surface area contributed by atoms with Crippen molar-refractivity contribution in [1.29, 1.82) is 0 Å². The molecule has 1 aromatic heterocycles. The summed E-state index contributed by atoms with van der Waals surface area (Å²) in [6.45, 7) is 3.24. The predicted octanol–water partition coefficient (Wildman–Crippen LogP) is 2.89. The molecule has 2 atom stereocenters. The molecule has 2 aromatic carbocycles. The number of hydrogen-bond acceptors (Lipinski definition) is 10. The number of fused-ring (bicyclic) bond motifs is 2. The molecule has 10 nitrogen and oxygen atoms in total. The van der Waals surface area contributed by atoms with Gasteiger partial charge in [-0.15, -0.1) is 0 Å². The van der Waals surface area contributed by atoms with Crippen LogP contribution in [0.15, 0.2) is 24.7 Å². The number of nitrogens with zero attached hydrogens (tertiary/aromatic N) is 5. The van der Waals surface area contributed by atoms with Crippen LogP contribution in [0.25, 0.3) is 10.8 Å². The first kappa shape index (κ1) is 27.4. The summed E-state index contributed by atoms with van der Waals surface area (Å²) in [7, 11) is 4.08. The van der Waals surface area contributed by atoms with Crippen molar-refractivity contribution in [3.8, 4) is 11.5 Å². The minimum atomic E-state index is -0.638. The van der Waals surface area contributed by atoms with Crippen LogP contribution in [0, 0.1) is 8.99 Å². The highest BCUT2D eigenvalue weighted by Gasteiger charge is 2.44. The highest BCUT2D eigenvalue weighted by Crippen LogP contribution is 2.53. The van der Waals surface area contributed by atoms with Gasteiger partial charge in [-0.1, -0.05) is 0 Å². The third kappa shape index (κ3) is 4.97. The van der Waals surface area contributed by atoms with Crippen LogP contribution in [0.4, 0.5) is 11.4 Å². The summed E-state index contributed by atoms with van der Waals surface area (Å²) in [5.74, 6) is 0.109. The number of aliphatic hydroxyl groups is 1. The average Bonchev–Trinajstić information content (AvgIpc) is 3.51. The second kappa shape index (κ2) is 10.6. The molecule has 2 fully saturated rings. The molecule has 2 unspecified atom stereocenters. The number of phenols is 1. The molecule has 0 amide bonds. The van der Waals surface area contributed by atoms with Gasteiger partial charge >= 0.3 is 0 Å². The topological polar surface area (TPSA) is 128 Å². The number of aldehydes is 1. The Bertz CT molecular complexity index is 1430. The summed E-state index contributed by atoms with van der Waals surface area (Å²) in [5.41, 5.74) is 10.1. The SMILES string of the molecule is CN(C)CC1(COc2c(O)c(N3CC(N)CC(O)C3)c3c(N4Cc5cncnc5C4)ccc(I)c3c2C=O)CC1. The number of halogens is 1. The lowest BCUT2D eigenvalue weighted by molar-refractivity contribution is 0.111. The van der Waals surface area contributed by atoms with Crippen LogP contribution < -0.4 is 20.3 Å². The van der Waals surface area contributed by atoms with Gasteiger partial charge in [0.05, 0.1) is 36.2 Å². The number of carbonyl (C=O) groups excluding carboxylic acids is 1. The molecule has 11 heteroatoms. The number of benzene rings is 2. The highest BCUT2D eigenvalue weighted by atomic mass is 127. The number of phenolic OH excluding ortho intramolecular Hbond substituents is 1. The standard InChI is InChI=1S/C29H35IN6O4/c1-34(2)14-29(5-6-29)15-40-28-20(13-37)24-21(30)3-4-23(35-9-17-8-32-16-33-22(17)12-35)25(24)26(27(28)39)36-10-18(31)7-19(38)11-36/h3-4,8,13,16,18-19,38-39H,5-7,9-12,14-15,31H2,1-2H3. The minimum Gasteiger partial charge on any atom is -0.503 e. The fraction of sp³-hybridized carbons (Fsp3) is 0.483. The summed E-state index contributed by atoms with van der Waals surface area (Å²) in [5, 5.41) is 24.1. The number of piperidine rings is 1. The maximum Gasteiger partial charge on any atom is 0.183 e. The van der Waals surface area contributed by atoms with Crippen molar-refractivity contribution in [2.45, 2.75) is 44.5 Å². The lowest BCUT2D eigenvalue weighted by Crippen LogP contribution is -2.49. The number of aliphatic hydroxyl groups excluding tert-OH is 1. The molecule has 212 valence electrons. The zero-order valence-corrected chi connectivity index (χ0v) is 25.0. The van der Waals surface area contributed by atoms with Crippen LogP contribution in [0.3, 0.4) is 0 Å². The third-order valence-electron chi connectivity index (χ3n) is 8.27. The number of aromatic nitrogens is 2. The second-order valence-corrected chi connectivity index (χ2v) is 13.0. The zero-order chi connectivity index (χ0) is 28.2. The van der Waals surface area contributed by atoms with Crippen molar-refractivity contribution in [1.82, 2.24) is 14.9 Å². The Hall–Kier alpha value is -2.74. The van der Waals surface area contributed by atoms with Gasteiger partial charge in [0.25, 0.3) is 0 Å². The molecular formula is C29H35IN6O4. The van der Waals surface area contributed by atoms with Gasteiger partial charge in [0.15, 0.2) is 17.8 Å². The van der Waals surface area contributed by atoms with Crippen molar-refractivity contribution in [2.24, 2.45) is 11.1 Å². The van der Waals surface area contributed by atoms with Crippen LogP contribution in [-0.4, -0.2) is 83.8 Å². The number of rotatable bonds is 8. The Morgan fingerprint density at radius 1 is 1.23 bits per heavy atom. The van der Waals surface area contributed by atoms with E-state index >= 15 is 0 Å². The Morgan fingerprint density at radius 2 is 2.02 bits per heavy atom. The molecule has 1 saturated carbocycles. The molecule has 0 radical (unpaired) electrons. The summed E-state index contributed by atoms with van der Waals surface area (Å²) in [6.07, 6.45) is 6.11. The first-order valence-corrected chi connectivity index (χ1v) is 14.7. The molecule has 2 aliphatic heterocycles. The number of β-amino-alcohol motifs (C(OH)–C–C–N with tert-alkyl or cyclic N) is 1. The van der Waals surface area contributed by atoms with Gasteiger partial charge in [-0.3, -0.25) is 4.79 Å². The predicted molar refractivity (Wildman–Crippen MR) is 162 cm³/mol. The fourth-order valence-corrected chi connectivity index (χ4v) is 7.09. The summed E-state index contributed by atoms with van der Waals surface area (Å²) >= 11 is 2.25. The molecule has 40 heavy (non-hydrogen) atoms. The van der Waals surface area contributed by atoms with E-state index in [1.54, 1.807) is 6.33 Å². The lowest BCUT2D eigenvalue weighted by Gasteiger charge is -2.38. The Labute approximate surface area is 247 Å². The zero-order valence-electron chi connectivity index (χ0n) is 22.8. The van der Waals surface area contributed by atoms with Crippen LogP contribution in [0.2, 0.25) is 0 Å². The molecule has 0 spiro atoms. The van der Waals surface area contributed by atoms with Crippen molar-refractivity contribution in [3.63, 3.8) is 0 Å². The van der Waals surface area contributed by atoms with Crippen molar-refractivity contribution in [2.75, 3.05) is 50.1 Å². The number of hydrogen-bond donors (Lipinski definition) is 3. The molecular weight excluding hydrogens is 623 g/mol. The van der Waals surface area contributed by atoms with E-state index in [0.29, 0.717) is 50.5 Å². The van der Waals surface area contributed by atoms with E-state index in [9.17, 15) is 15.0 Å². The fourth-order valence-electron chi connectivity index (χ4n) is 6.35. The molecule has 4 N–H and O–H groups in total. The van der Waals surface area contributed by atoms with Gasteiger partial charge in [0.2, 0.25) is 0 Å². The maximum atomic E-state index is 12.8. The van der Waals surface area contributed by atoms with Crippen molar-refractivity contribution < 1.29 is 19.7 Å². The second-order valence-electron chi connectivity index (χ2n) is 11.8. The van der Waals surface area contributed by atoms with Gasteiger partial charge in [0, 0.05) is 69.4 Å². The first-order chi connectivity index (χ1) is 19.2. The van der Waals surface area contributed by atoms with Crippen LogP contribution in [0.1, 0.15) is 40.9 Å². The third-order valence-corrected chi connectivity index (χ3v) is 9.17. The summed E-state index contributed by atoms with van der Waals surface area (Å²) in [6, 6.07) is 3.76. The van der Waals surface area contributed by atoms with Gasteiger partial charge in [-0.2, -0.15) is 0 Å². The molecule has 3 aliphatic rings. The summed E-state index contributed by atoms with van der Waals surface area (Å²) in [4.78, 5) is 27.7. The van der Waals surface area contributed by atoms with Gasteiger partial charge in [-0.05, 0) is 68.1 Å². The van der Waals surface area contributed by atoms with Crippen molar-refractivity contribution >= 4 is 51.0 Å². The Kier molecular flexibility index (Phi) is 7.26. The maximum absolute atomic E-state index is 12.8. The molecule has 3 aromatic rings. The van der Waals surface area contributed by atoms with E-state index in [0.717, 1.165) is 57.0 Å². The largest absolute Gasteiger partial charge is 0.503 e. The quantitative estimate of drug-likeness (QED) is 0.246. The van der Waals surface area contributed by atoms with E-state index in [1.807, 2.05) is 37.3 Å². The molecule has 6 rings (SSSR count). The number of nitrogens with two attached hydrogens (primary N) is 1. The molecule has 1 saturated heterocycles. The Balaban J connectivity index is 1.54. The van der Waals surface area contributed by atoms with Gasteiger partial charge < -0.3 is 35.4 Å². The number of ether oxygens (including phenoxy) is 1. The van der Waals surface area contributed by atoms with Crippen LogP contribution in [0.5, 0.6) is 11.5 Å². The lowest BCUT2D eigenvalue weighted by atomic mass is 9.96. The normalized spacial score (nSPS) is 21.6. The summed E-state index contributed by atoms with van der Waals surface area (Å²) < 4.78 is 7.26. The van der Waals surface area contributed by atoms with E-state index in [1.165, 1.54) is 0 Å². The van der Waals surface area contributed by atoms with Crippen LogP contribution >= 0.6 is 22.6 Å². The molecule has 3 heterocycles. The number of carbonyl (C=O) groups is 1. The number of anilines is 2. The van der Waals surface area contributed by atoms with E-state index in [-0.39, 0.29) is 23.0 Å². The highest BCUT2D eigenvalue weighted by molar-refractivity contribution is 14.1. The van der Waals surface area contributed by atoms with Crippen LogP contribution in [-0.2, 0) is 13.1 Å². The van der Waals surface area contributed by atoms with Gasteiger partial charge in [-0.25, -0.2) is 9.97 Å². The average molecular weight is 659 g/mol. The monoisotopic (exact) mass is 658 g/mol. The van der Waals surface area contributed by atoms with E-state index in [4.69, 9.17) is 10.5 Å². The smallest absolute Gasteiger partial charge is 0.183 e. The minimum absolute atomic E-state index is 0.00620.